The second-order valence-corrected chi connectivity index (χ2v) is 10.5. The summed E-state index contributed by atoms with van der Waals surface area (Å²) in [5.41, 5.74) is 8.58. The van der Waals surface area contributed by atoms with E-state index in [4.69, 9.17) is 10.5 Å². The number of carbonyl (C=O) groups is 2. The zero-order valence-corrected chi connectivity index (χ0v) is 20.6. The van der Waals surface area contributed by atoms with Crippen molar-refractivity contribution in [1.29, 1.82) is 0 Å². The highest BCUT2D eigenvalue weighted by Gasteiger charge is 2.31. The van der Waals surface area contributed by atoms with E-state index in [1.54, 1.807) is 16.2 Å². The van der Waals surface area contributed by atoms with Crippen LogP contribution in [0, 0.1) is 0 Å². The van der Waals surface area contributed by atoms with E-state index < -0.39 is 11.9 Å². The highest BCUT2D eigenvalue weighted by atomic mass is 16.5. The lowest BCUT2D eigenvalue weighted by Gasteiger charge is -2.33. The Morgan fingerprint density at radius 1 is 1.00 bits per heavy atom. The standard InChI is InChI=1S/C26H37N5O4/c1-29-23-16-18(2-7-21(23)31(26(29)34)22-8-9-24(32)28-25(22)33)17-10-12-30(13-11-17)14-15-35-20-5-3-19(27)4-6-20/h2,7,16-17,19-20,22H,3-6,8-15,27H2,1H3,(H,28,32,33). The van der Waals surface area contributed by atoms with E-state index in [0.29, 0.717) is 24.5 Å². The topological polar surface area (TPSA) is 112 Å². The third kappa shape index (κ3) is 5.08. The number of hydrogen-bond donors (Lipinski definition) is 2. The molecule has 190 valence electrons. The van der Waals surface area contributed by atoms with E-state index in [-0.39, 0.29) is 18.0 Å². The fraction of sp³-hybridized carbons (Fsp3) is 0.654. The van der Waals surface area contributed by atoms with Gasteiger partial charge in [0.15, 0.2) is 0 Å². The van der Waals surface area contributed by atoms with Crippen molar-refractivity contribution in [1.82, 2.24) is 19.4 Å². The quantitative estimate of drug-likeness (QED) is 0.606. The van der Waals surface area contributed by atoms with E-state index in [0.717, 1.165) is 75.8 Å². The number of imide groups is 1. The third-order valence-corrected chi connectivity index (χ3v) is 8.17. The van der Waals surface area contributed by atoms with Crippen LogP contribution in [0.3, 0.4) is 0 Å². The molecule has 1 atom stereocenters. The van der Waals surface area contributed by atoms with Crippen molar-refractivity contribution < 1.29 is 14.3 Å². The number of aromatic nitrogens is 2. The SMILES string of the molecule is Cn1c(=O)n(C2CCC(=O)NC2=O)c2ccc(C3CCN(CCOC4CCC(N)CC4)CC3)cc21. The van der Waals surface area contributed by atoms with Gasteiger partial charge in [-0.15, -0.1) is 0 Å². The third-order valence-electron chi connectivity index (χ3n) is 8.17. The molecule has 1 aliphatic carbocycles. The van der Waals surface area contributed by atoms with E-state index in [1.165, 1.54) is 5.56 Å². The maximum absolute atomic E-state index is 13.0. The average Bonchev–Trinajstić information content (AvgIpc) is 3.10. The van der Waals surface area contributed by atoms with Crippen LogP contribution in [0.2, 0.25) is 0 Å². The number of likely N-dealkylation sites (tertiary alicyclic amines) is 1. The second-order valence-electron chi connectivity index (χ2n) is 10.5. The van der Waals surface area contributed by atoms with Gasteiger partial charge in [0.25, 0.3) is 0 Å². The number of ether oxygens (including phenoxy) is 1. The summed E-state index contributed by atoms with van der Waals surface area (Å²) in [5.74, 6) is -0.229. The van der Waals surface area contributed by atoms with E-state index in [1.807, 2.05) is 6.07 Å². The molecule has 0 spiro atoms. The van der Waals surface area contributed by atoms with Crippen LogP contribution >= 0.6 is 0 Å². The molecule has 9 nitrogen and oxygen atoms in total. The number of nitrogens with two attached hydrogens (primary N) is 1. The van der Waals surface area contributed by atoms with Crippen LogP contribution in [0.4, 0.5) is 0 Å². The van der Waals surface area contributed by atoms with Gasteiger partial charge in [-0.3, -0.25) is 24.0 Å². The number of nitrogens with zero attached hydrogens (tertiary/aromatic N) is 3. The van der Waals surface area contributed by atoms with Gasteiger partial charge in [0, 0.05) is 26.1 Å². The van der Waals surface area contributed by atoms with Crippen molar-refractivity contribution in [2.45, 2.75) is 75.5 Å². The maximum atomic E-state index is 13.0. The Kier molecular flexibility index (Phi) is 7.09. The molecule has 2 aliphatic heterocycles. The largest absolute Gasteiger partial charge is 0.377 e. The minimum absolute atomic E-state index is 0.221. The van der Waals surface area contributed by atoms with Crippen molar-refractivity contribution in [2.24, 2.45) is 12.8 Å². The smallest absolute Gasteiger partial charge is 0.329 e. The molecule has 0 radical (unpaired) electrons. The molecular formula is C26H37N5O4. The van der Waals surface area contributed by atoms with Crippen LogP contribution in [-0.2, 0) is 21.4 Å². The number of imidazole rings is 1. The monoisotopic (exact) mass is 483 g/mol. The van der Waals surface area contributed by atoms with Crippen molar-refractivity contribution in [3.05, 3.63) is 34.2 Å². The van der Waals surface area contributed by atoms with Gasteiger partial charge < -0.3 is 15.4 Å². The minimum atomic E-state index is -0.648. The Labute approximate surface area is 205 Å². The van der Waals surface area contributed by atoms with Crippen LogP contribution in [0.15, 0.2) is 23.0 Å². The molecule has 3 heterocycles. The maximum Gasteiger partial charge on any atom is 0.329 e. The number of benzene rings is 1. The molecule has 35 heavy (non-hydrogen) atoms. The zero-order chi connectivity index (χ0) is 24.5. The molecule has 1 aromatic heterocycles. The number of piperidine rings is 2. The molecule has 1 saturated carbocycles. The first kappa shape index (κ1) is 24.2. The van der Waals surface area contributed by atoms with Crippen molar-refractivity contribution in [3.8, 4) is 0 Å². The lowest BCUT2D eigenvalue weighted by Crippen LogP contribution is -2.44. The Hall–Kier alpha value is -2.49. The lowest BCUT2D eigenvalue weighted by molar-refractivity contribution is -0.135. The molecule has 2 aromatic rings. The molecule has 3 N–H and O–H groups in total. The molecule has 9 heteroatoms. The molecule has 5 rings (SSSR count). The summed E-state index contributed by atoms with van der Waals surface area (Å²) < 4.78 is 9.27. The van der Waals surface area contributed by atoms with Gasteiger partial charge in [-0.25, -0.2) is 4.79 Å². The summed E-state index contributed by atoms with van der Waals surface area (Å²) in [4.78, 5) is 39.5. The van der Waals surface area contributed by atoms with Crippen LogP contribution in [-0.4, -0.2) is 64.2 Å². The predicted molar refractivity (Wildman–Crippen MR) is 133 cm³/mol. The summed E-state index contributed by atoms with van der Waals surface area (Å²) >= 11 is 0. The summed E-state index contributed by atoms with van der Waals surface area (Å²) in [7, 11) is 1.75. The van der Waals surface area contributed by atoms with Crippen LogP contribution in [0.1, 0.15) is 68.9 Å². The van der Waals surface area contributed by atoms with Gasteiger partial charge in [0.2, 0.25) is 11.8 Å². The first-order chi connectivity index (χ1) is 16.9. The average molecular weight is 484 g/mol. The summed E-state index contributed by atoms with van der Waals surface area (Å²) in [6, 6.07) is 5.88. The van der Waals surface area contributed by atoms with Crippen LogP contribution < -0.4 is 16.7 Å². The molecule has 3 aliphatic rings. The molecule has 2 amide bonds. The first-order valence-electron chi connectivity index (χ1n) is 13.0. The molecule has 3 fully saturated rings. The van der Waals surface area contributed by atoms with E-state index in [2.05, 4.69) is 22.3 Å². The number of aryl methyl sites for hydroxylation is 1. The van der Waals surface area contributed by atoms with Gasteiger partial charge in [-0.2, -0.15) is 0 Å². The van der Waals surface area contributed by atoms with Gasteiger partial charge in [0.1, 0.15) is 6.04 Å². The number of rotatable bonds is 6. The second kappa shape index (κ2) is 10.2. The van der Waals surface area contributed by atoms with Crippen LogP contribution in [0.25, 0.3) is 11.0 Å². The number of amides is 2. The van der Waals surface area contributed by atoms with Gasteiger partial charge in [0.05, 0.1) is 23.7 Å². The summed E-state index contributed by atoms with van der Waals surface area (Å²) in [6.45, 7) is 3.83. The summed E-state index contributed by atoms with van der Waals surface area (Å²) in [5, 5.41) is 2.37. The zero-order valence-electron chi connectivity index (χ0n) is 20.6. The van der Waals surface area contributed by atoms with Gasteiger partial charge >= 0.3 is 5.69 Å². The minimum Gasteiger partial charge on any atom is -0.377 e. The normalized spacial score (nSPS) is 26.9. The molecule has 1 aromatic carbocycles. The van der Waals surface area contributed by atoms with Crippen LogP contribution in [0.5, 0.6) is 0 Å². The number of fused-ring (bicyclic) bond motifs is 1. The van der Waals surface area contributed by atoms with Crippen molar-refractivity contribution >= 4 is 22.8 Å². The van der Waals surface area contributed by atoms with Crippen molar-refractivity contribution in [2.75, 3.05) is 26.2 Å². The highest BCUT2D eigenvalue weighted by molar-refractivity contribution is 6.00. The summed E-state index contributed by atoms with van der Waals surface area (Å²) in [6.07, 6.45) is 7.43. The van der Waals surface area contributed by atoms with Gasteiger partial charge in [-0.1, -0.05) is 6.07 Å². The Morgan fingerprint density at radius 3 is 2.46 bits per heavy atom. The fourth-order valence-corrected chi connectivity index (χ4v) is 5.96. The van der Waals surface area contributed by atoms with E-state index >= 15 is 0 Å². The predicted octanol–water partition coefficient (Wildman–Crippen LogP) is 1.78. The first-order valence-corrected chi connectivity index (χ1v) is 13.0. The highest BCUT2D eigenvalue weighted by Crippen LogP contribution is 2.31. The number of carbonyl (C=O) groups excluding carboxylic acids is 2. The van der Waals surface area contributed by atoms with Gasteiger partial charge in [-0.05, 0) is 81.6 Å². The van der Waals surface area contributed by atoms with E-state index in [9.17, 15) is 14.4 Å². The Morgan fingerprint density at radius 2 is 1.74 bits per heavy atom. The number of nitrogens with one attached hydrogen (secondary N) is 1. The van der Waals surface area contributed by atoms with Crippen molar-refractivity contribution in [3.63, 3.8) is 0 Å². The fourth-order valence-electron chi connectivity index (χ4n) is 5.96. The molecule has 0 bridgehead atoms. The lowest BCUT2D eigenvalue weighted by atomic mass is 9.89. The Bertz CT molecular complexity index is 1140. The Balaban J connectivity index is 1.20. The number of hydrogen-bond acceptors (Lipinski definition) is 6. The molecular weight excluding hydrogens is 446 g/mol. The molecule has 1 unspecified atom stereocenters. The molecule has 2 saturated heterocycles.